The van der Waals surface area contributed by atoms with Crippen molar-refractivity contribution in [1.29, 1.82) is 0 Å². The van der Waals surface area contributed by atoms with Crippen LogP contribution >= 0.6 is 11.3 Å². The first-order valence-corrected chi connectivity index (χ1v) is 9.33. The molecule has 2 saturated heterocycles. The zero-order valence-electron chi connectivity index (χ0n) is 13.5. The number of likely N-dealkylation sites (tertiary alicyclic amines) is 1. The fourth-order valence-corrected chi connectivity index (χ4v) is 4.35. The van der Waals surface area contributed by atoms with Gasteiger partial charge in [-0.15, -0.1) is 11.3 Å². The molecule has 0 aromatic carbocycles. The first-order valence-electron chi connectivity index (χ1n) is 8.45. The monoisotopic (exact) mass is 346 g/mol. The number of ether oxygens (including phenoxy) is 1. The van der Waals surface area contributed by atoms with Gasteiger partial charge in [-0.1, -0.05) is 6.07 Å². The Labute approximate surface area is 145 Å². The maximum absolute atomic E-state index is 12.1. The lowest BCUT2D eigenvalue weighted by molar-refractivity contribution is -0.123. The molecule has 4 rings (SSSR count). The lowest BCUT2D eigenvalue weighted by atomic mass is 10.0. The second kappa shape index (κ2) is 7.09. The van der Waals surface area contributed by atoms with Crippen molar-refractivity contribution in [3.8, 4) is 0 Å². The van der Waals surface area contributed by atoms with Gasteiger partial charge < -0.3 is 14.5 Å². The molecule has 3 atom stereocenters. The average Bonchev–Trinajstić information content (AvgIpc) is 3.30. The Morgan fingerprint density at radius 1 is 1.33 bits per heavy atom. The van der Waals surface area contributed by atoms with Gasteiger partial charge in [-0.2, -0.15) is 0 Å². The SMILES string of the molecule is O=C(C[C@H]1C[C@H]2CN(Cc3ccco3)C[C@H]2O1)NCc1cccs1. The third-order valence-electron chi connectivity index (χ3n) is 4.80. The second-order valence-corrected chi connectivity index (χ2v) is 7.66. The van der Waals surface area contributed by atoms with Crippen molar-refractivity contribution in [2.45, 2.75) is 38.1 Å². The first kappa shape index (κ1) is 15.9. The molecular weight excluding hydrogens is 324 g/mol. The molecule has 128 valence electrons. The molecule has 24 heavy (non-hydrogen) atoms. The molecule has 6 heteroatoms. The molecule has 2 fully saturated rings. The summed E-state index contributed by atoms with van der Waals surface area (Å²) in [5, 5.41) is 5.01. The molecule has 1 N–H and O–H groups in total. The van der Waals surface area contributed by atoms with Crippen LogP contribution in [-0.4, -0.2) is 36.1 Å². The summed E-state index contributed by atoms with van der Waals surface area (Å²) >= 11 is 1.66. The maximum Gasteiger partial charge on any atom is 0.222 e. The summed E-state index contributed by atoms with van der Waals surface area (Å²) in [6.45, 7) is 3.42. The number of nitrogens with zero attached hydrogens (tertiary/aromatic N) is 1. The highest BCUT2D eigenvalue weighted by molar-refractivity contribution is 7.09. The highest BCUT2D eigenvalue weighted by Gasteiger charge is 2.42. The van der Waals surface area contributed by atoms with Crippen molar-refractivity contribution in [2.75, 3.05) is 13.1 Å². The van der Waals surface area contributed by atoms with E-state index in [1.165, 1.54) is 4.88 Å². The molecule has 1 amide bonds. The Balaban J connectivity index is 1.20. The van der Waals surface area contributed by atoms with E-state index in [-0.39, 0.29) is 18.1 Å². The lowest BCUT2D eigenvalue weighted by Gasteiger charge is -2.18. The number of furan rings is 1. The maximum atomic E-state index is 12.1. The molecule has 2 aromatic heterocycles. The van der Waals surface area contributed by atoms with E-state index in [0.717, 1.165) is 31.8 Å². The van der Waals surface area contributed by atoms with Gasteiger partial charge in [0.2, 0.25) is 5.91 Å². The molecule has 2 aliphatic rings. The van der Waals surface area contributed by atoms with Gasteiger partial charge in [0.05, 0.1) is 38.0 Å². The van der Waals surface area contributed by atoms with Gasteiger partial charge >= 0.3 is 0 Å². The van der Waals surface area contributed by atoms with Gasteiger partial charge in [-0.05, 0) is 30.0 Å². The minimum atomic E-state index is 0.0640. The summed E-state index contributed by atoms with van der Waals surface area (Å²) in [6.07, 6.45) is 3.49. The van der Waals surface area contributed by atoms with Crippen LogP contribution in [0.2, 0.25) is 0 Å². The summed E-state index contributed by atoms with van der Waals surface area (Å²) in [7, 11) is 0. The minimum absolute atomic E-state index is 0.0640. The molecule has 0 saturated carbocycles. The van der Waals surface area contributed by atoms with E-state index in [9.17, 15) is 4.79 Å². The summed E-state index contributed by atoms with van der Waals surface area (Å²) in [5.74, 6) is 1.62. The van der Waals surface area contributed by atoms with Gasteiger partial charge in [0.15, 0.2) is 0 Å². The number of nitrogens with one attached hydrogen (secondary N) is 1. The molecule has 2 aliphatic heterocycles. The van der Waals surface area contributed by atoms with Gasteiger partial charge in [-0.25, -0.2) is 0 Å². The predicted octanol–water partition coefficient (Wildman–Crippen LogP) is 2.64. The third kappa shape index (κ3) is 3.71. The fraction of sp³-hybridized carbons (Fsp3) is 0.500. The molecule has 0 radical (unpaired) electrons. The Bertz CT molecular complexity index is 642. The van der Waals surface area contributed by atoms with Crippen LogP contribution in [0.1, 0.15) is 23.5 Å². The molecule has 0 aliphatic carbocycles. The van der Waals surface area contributed by atoms with Crippen LogP contribution in [0.15, 0.2) is 40.3 Å². The molecule has 0 unspecified atom stereocenters. The number of rotatable bonds is 6. The number of hydrogen-bond donors (Lipinski definition) is 1. The fourth-order valence-electron chi connectivity index (χ4n) is 3.71. The van der Waals surface area contributed by atoms with E-state index in [1.54, 1.807) is 17.6 Å². The Morgan fingerprint density at radius 3 is 3.04 bits per heavy atom. The zero-order valence-corrected chi connectivity index (χ0v) is 14.3. The normalized spacial score (nSPS) is 26.6. The number of carbonyl (C=O) groups excluding carboxylic acids is 1. The van der Waals surface area contributed by atoms with E-state index in [0.29, 0.717) is 18.9 Å². The van der Waals surface area contributed by atoms with Crippen molar-refractivity contribution in [1.82, 2.24) is 10.2 Å². The predicted molar refractivity (Wildman–Crippen MR) is 91.5 cm³/mol. The van der Waals surface area contributed by atoms with Crippen LogP contribution in [-0.2, 0) is 22.6 Å². The summed E-state index contributed by atoms with van der Waals surface area (Å²) < 4.78 is 11.5. The van der Waals surface area contributed by atoms with Crippen LogP contribution in [0.4, 0.5) is 0 Å². The molecule has 5 nitrogen and oxygen atoms in total. The van der Waals surface area contributed by atoms with Gasteiger partial charge in [-0.3, -0.25) is 9.69 Å². The Hall–Kier alpha value is -1.63. The first-order chi connectivity index (χ1) is 11.8. The number of carbonyl (C=O) groups is 1. The van der Waals surface area contributed by atoms with Gasteiger partial charge in [0.1, 0.15) is 5.76 Å². The second-order valence-electron chi connectivity index (χ2n) is 6.63. The van der Waals surface area contributed by atoms with E-state index >= 15 is 0 Å². The quantitative estimate of drug-likeness (QED) is 0.874. The number of hydrogen-bond acceptors (Lipinski definition) is 5. The summed E-state index contributed by atoms with van der Waals surface area (Å²) in [4.78, 5) is 15.6. The van der Waals surface area contributed by atoms with Crippen molar-refractivity contribution >= 4 is 17.2 Å². The minimum Gasteiger partial charge on any atom is -0.468 e. The number of amides is 1. The smallest absolute Gasteiger partial charge is 0.222 e. The van der Waals surface area contributed by atoms with Crippen LogP contribution in [0.3, 0.4) is 0 Å². The van der Waals surface area contributed by atoms with E-state index < -0.39 is 0 Å². The highest BCUT2D eigenvalue weighted by atomic mass is 32.1. The Morgan fingerprint density at radius 2 is 2.29 bits per heavy atom. The van der Waals surface area contributed by atoms with Crippen molar-refractivity contribution in [3.05, 3.63) is 46.5 Å². The van der Waals surface area contributed by atoms with Crippen molar-refractivity contribution in [3.63, 3.8) is 0 Å². The highest BCUT2D eigenvalue weighted by Crippen LogP contribution is 2.34. The summed E-state index contributed by atoms with van der Waals surface area (Å²) in [6, 6.07) is 7.97. The molecule has 4 heterocycles. The third-order valence-corrected chi connectivity index (χ3v) is 5.68. The molecule has 2 aromatic rings. The summed E-state index contributed by atoms with van der Waals surface area (Å²) in [5.41, 5.74) is 0. The number of thiophene rings is 1. The van der Waals surface area contributed by atoms with Gasteiger partial charge in [0.25, 0.3) is 0 Å². The Kier molecular flexibility index (Phi) is 4.69. The molecule has 0 bridgehead atoms. The van der Waals surface area contributed by atoms with Crippen molar-refractivity contribution in [2.24, 2.45) is 5.92 Å². The topological polar surface area (TPSA) is 54.7 Å². The zero-order chi connectivity index (χ0) is 16.4. The largest absolute Gasteiger partial charge is 0.468 e. The van der Waals surface area contributed by atoms with Crippen LogP contribution in [0.5, 0.6) is 0 Å². The van der Waals surface area contributed by atoms with E-state index in [4.69, 9.17) is 9.15 Å². The number of fused-ring (bicyclic) bond motifs is 1. The van der Waals surface area contributed by atoms with E-state index in [2.05, 4.69) is 10.2 Å². The molecule has 0 spiro atoms. The van der Waals surface area contributed by atoms with Crippen LogP contribution < -0.4 is 5.32 Å². The molecular formula is C18H22N2O3S. The lowest BCUT2D eigenvalue weighted by Crippen LogP contribution is -2.29. The van der Waals surface area contributed by atoms with E-state index in [1.807, 2.05) is 29.6 Å². The standard InChI is InChI=1S/C18H22N2O3S/c21-18(19-9-16-4-2-6-24-16)8-15-7-13-10-20(12-17(13)23-15)11-14-3-1-5-22-14/h1-6,13,15,17H,7-12H2,(H,19,21)/t13-,15+,17+/m0/s1. The van der Waals surface area contributed by atoms with Crippen LogP contribution in [0.25, 0.3) is 0 Å². The van der Waals surface area contributed by atoms with Crippen molar-refractivity contribution < 1.29 is 13.9 Å². The van der Waals surface area contributed by atoms with Crippen LogP contribution in [0, 0.1) is 5.92 Å². The van der Waals surface area contributed by atoms with Gasteiger partial charge in [0, 0.05) is 23.9 Å². The average molecular weight is 346 g/mol.